The Hall–Kier alpha value is -3.87. The van der Waals surface area contributed by atoms with Gasteiger partial charge >= 0.3 is 0 Å². The van der Waals surface area contributed by atoms with E-state index >= 15 is 0 Å². The third-order valence-electron chi connectivity index (χ3n) is 6.41. The van der Waals surface area contributed by atoms with Crippen LogP contribution in [0.4, 0.5) is 5.82 Å². The minimum absolute atomic E-state index is 0.0194. The minimum atomic E-state index is -0.198. The maximum absolute atomic E-state index is 13.7. The van der Waals surface area contributed by atoms with Crippen LogP contribution in [0.1, 0.15) is 51.8 Å². The number of hydrogen-bond acceptors (Lipinski definition) is 4. The van der Waals surface area contributed by atoms with Crippen molar-refractivity contribution in [2.75, 3.05) is 12.3 Å². The second-order valence-electron chi connectivity index (χ2n) is 8.83. The smallest absolute Gasteiger partial charge is 0.271 e. The number of aromatic amines is 1. The molecule has 1 fully saturated rings. The first-order valence-electron chi connectivity index (χ1n) is 11.2. The number of carbonyl (C=O) groups excluding carboxylic acids is 1. The normalized spacial score (nSPS) is 15.9. The molecule has 0 aliphatic carbocycles. The highest BCUT2D eigenvalue weighted by Gasteiger charge is 2.32. The number of rotatable bonds is 4. The Kier molecular flexibility index (Phi) is 5.24. The van der Waals surface area contributed by atoms with Gasteiger partial charge in [-0.2, -0.15) is 0 Å². The van der Waals surface area contributed by atoms with Gasteiger partial charge in [0.2, 0.25) is 0 Å². The number of amides is 1. The van der Waals surface area contributed by atoms with Crippen molar-refractivity contribution in [3.8, 4) is 0 Å². The number of fused-ring (bicyclic) bond motifs is 1. The molecule has 1 saturated heterocycles. The molecule has 3 N–H and O–H groups in total. The summed E-state index contributed by atoms with van der Waals surface area (Å²) in [4.78, 5) is 36.4. The molecule has 4 heterocycles. The second kappa shape index (κ2) is 8.24. The molecule has 1 aliphatic rings. The molecule has 7 nitrogen and oxygen atoms in total. The standard InChI is InChI=1S/C26H27N5O2/c1-16-11-23(26(33)30-10-6-9-22(30)18-7-4-3-5-8-18)31(24(32)12-16)15-19-14-21-20(28-19)13-17(2)25(27)29-21/h3-5,7-8,11-14,22,28H,6,9-10,15H2,1-2H3,(H2,27,29). The first kappa shape index (κ1) is 21.0. The predicted molar refractivity (Wildman–Crippen MR) is 129 cm³/mol. The fraction of sp³-hybridized carbons (Fsp3) is 0.269. The molecule has 5 rings (SSSR count). The van der Waals surface area contributed by atoms with Gasteiger partial charge in [0.15, 0.2) is 0 Å². The average molecular weight is 442 g/mol. The highest BCUT2D eigenvalue weighted by molar-refractivity contribution is 5.93. The van der Waals surface area contributed by atoms with Gasteiger partial charge in [-0.3, -0.25) is 14.2 Å². The summed E-state index contributed by atoms with van der Waals surface area (Å²) >= 11 is 0. The topological polar surface area (TPSA) is 97.0 Å². The quantitative estimate of drug-likeness (QED) is 0.501. The van der Waals surface area contributed by atoms with E-state index in [2.05, 4.69) is 22.1 Å². The van der Waals surface area contributed by atoms with Crippen molar-refractivity contribution in [1.82, 2.24) is 19.4 Å². The van der Waals surface area contributed by atoms with Crippen LogP contribution in [0.15, 0.2) is 59.4 Å². The number of aromatic nitrogens is 3. The van der Waals surface area contributed by atoms with Crippen molar-refractivity contribution < 1.29 is 4.79 Å². The van der Waals surface area contributed by atoms with E-state index in [4.69, 9.17) is 5.73 Å². The molecule has 1 unspecified atom stereocenters. The van der Waals surface area contributed by atoms with Crippen molar-refractivity contribution in [3.63, 3.8) is 0 Å². The van der Waals surface area contributed by atoms with E-state index in [1.54, 1.807) is 10.6 Å². The Morgan fingerprint density at radius 1 is 1.15 bits per heavy atom. The Balaban J connectivity index is 1.52. The van der Waals surface area contributed by atoms with Gasteiger partial charge in [0.25, 0.3) is 11.5 Å². The summed E-state index contributed by atoms with van der Waals surface area (Å²) in [5, 5.41) is 0. The van der Waals surface area contributed by atoms with Gasteiger partial charge in [0.1, 0.15) is 11.5 Å². The first-order chi connectivity index (χ1) is 15.9. The fourth-order valence-corrected chi connectivity index (χ4v) is 4.73. The largest absolute Gasteiger partial charge is 0.383 e. The molecule has 4 aromatic rings. The Bertz CT molecular complexity index is 1360. The lowest BCUT2D eigenvalue weighted by molar-refractivity contribution is 0.0723. The van der Waals surface area contributed by atoms with Crippen molar-refractivity contribution in [2.45, 2.75) is 39.3 Å². The predicted octanol–water partition coefficient (Wildman–Crippen LogP) is 3.95. The van der Waals surface area contributed by atoms with E-state index in [1.165, 1.54) is 0 Å². The van der Waals surface area contributed by atoms with E-state index in [0.29, 0.717) is 18.1 Å². The summed E-state index contributed by atoms with van der Waals surface area (Å²) in [5.74, 6) is 0.369. The van der Waals surface area contributed by atoms with Gasteiger partial charge in [0, 0.05) is 18.3 Å². The number of benzene rings is 1. The van der Waals surface area contributed by atoms with Gasteiger partial charge in [-0.15, -0.1) is 0 Å². The van der Waals surface area contributed by atoms with Gasteiger partial charge in [-0.25, -0.2) is 4.98 Å². The van der Waals surface area contributed by atoms with E-state index in [0.717, 1.165) is 46.3 Å². The van der Waals surface area contributed by atoms with Crippen molar-refractivity contribution in [3.05, 3.63) is 93.0 Å². The molecular formula is C26H27N5O2. The van der Waals surface area contributed by atoms with Crippen LogP contribution in [0.3, 0.4) is 0 Å². The number of nitrogens with one attached hydrogen (secondary N) is 1. The van der Waals surface area contributed by atoms with E-state index in [1.807, 2.05) is 55.1 Å². The zero-order valence-electron chi connectivity index (χ0n) is 18.8. The number of likely N-dealkylation sites (tertiary alicyclic amines) is 1. The molecule has 7 heteroatoms. The van der Waals surface area contributed by atoms with E-state index in [9.17, 15) is 9.59 Å². The van der Waals surface area contributed by atoms with Crippen LogP contribution >= 0.6 is 0 Å². The molecule has 0 saturated carbocycles. The Morgan fingerprint density at radius 3 is 2.73 bits per heavy atom. The number of H-pyrrole nitrogens is 1. The van der Waals surface area contributed by atoms with Gasteiger partial charge in [-0.1, -0.05) is 30.3 Å². The molecular weight excluding hydrogens is 414 g/mol. The van der Waals surface area contributed by atoms with Crippen LogP contribution in [-0.2, 0) is 6.54 Å². The Morgan fingerprint density at radius 2 is 1.94 bits per heavy atom. The SMILES string of the molecule is Cc1cc(C(=O)N2CCCC2c2ccccc2)n(Cc2cc3nc(N)c(C)cc3[nH]2)c(=O)c1. The minimum Gasteiger partial charge on any atom is -0.383 e. The van der Waals surface area contributed by atoms with Crippen LogP contribution in [0, 0.1) is 13.8 Å². The summed E-state index contributed by atoms with van der Waals surface area (Å²) in [5.41, 5.74) is 11.3. The molecule has 1 atom stereocenters. The van der Waals surface area contributed by atoms with Gasteiger partial charge in [0.05, 0.1) is 23.6 Å². The molecule has 33 heavy (non-hydrogen) atoms. The zero-order valence-corrected chi connectivity index (χ0v) is 18.8. The molecule has 0 bridgehead atoms. The lowest BCUT2D eigenvalue weighted by Crippen LogP contribution is -2.36. The highest BCUT2D eigenvalue weighted by atomic mass is 16.2. The molecule has 1 amide bonds. The highest BCUT2D eigenvalue weighted by Crippen LogP contribution is 2.33. The number of carbonyl (C=O) groups is 1. The molecule has 1 aliphatic heterocycles. The zero-order chi connectivity index (χ0) is 23.1. The van der Waals surface area contributed by atoms with E-state index in [-0.39, 0.29) is 24.1 Å². The maximum Gasteiger partial charge on any atom is 0.271 e. The summed E-state index contributed by atoms with van der Waals surface area (Å²) in [6.07, 6.45) is 1.86. The number of nitrogens with two attached hydrogens (primary N) is 1. The van der Waals surface area contributed by atoms with E-state index < -0.39 is 0 Å². The Labute approximate surface area is 191 Å². The number of pyridine rings is 2. The van der Waals surface area contributed by atoms with Crippen LogP contribution < -0.4 is 11.3 Å². The summed E-state index contributed by atoms with van der Waals surface area (Å²) < 4.78 is 1.55. The maximum atomic E-state index is 13.7. The van der Waals surface area contributed by atoms with Gasteiger partial charge < -0.3 is 15.6 Å². The lowest BCUT2D eigenvalue weighted by atomic mass is 10.0. The average Bonchev–Trinajstić information content (AvgIpc) is 3.43. The van der Waals surface area contributed by atoms with Crippen molar-refractivity contribution in [2.24, 2.45) is 0 Å². The van der Waals surface area contributed by atoms with Crippen LogP contribution in [-0.4, -0.2) is 31.9 Å². The number of nitrogens with zero attached hydrogens (tertiary/aromatic N) is 3. The van der Waals surface area contributed by atoms with Crippen LogP contribution in [0.2, 0.25) is 0 Å². The number of nitrogen functional groups attached to an aromatic ring is 1. The molecule has 168 valence electrons. The fourth-order valence-electron chi connectivity index (χ4n) is 4.73. The molecule has 1 aromatic carbocycles. The van der Waals surface area contributed by atoms with Crippen LogP contribution in [0.25, 0.3) is 11.0 Å². The van der Waals surface area contributed by atoms with Crippen LogP contribution in [0.5, 0.6) is 0 Å². The van der Waals surface area contributed by atoms with Crippen molar-refractivity contribution in [1.29, 1.82) is 0 Å². The summed E-state index contributed by atoms with van der Waals surface area (Å²) in [6, 6.07) is 17.3. The second-order valence-corrected chi connectivity index (χ2v) is 8.83. The number of anilines is 1. The summed E-state index contributed by atoms with van der Waals surface area (Å²) in [7, 11) is 0. The third kappa shape index (κ3) is 3.91. The van der Waals surface area contributed by atoms with Crippen molar-refractivity contribution >= 4 is 22.8 Å². The summed E-state index contributed by atoms with van der Waals surface area (Å²) in [6.45, 7) is 4.68. The number of hydrogen-bond donors (Lipinski definition) is 2. The molecule has 3 aromatic heterocycles. The monoisotopic (exact) mass is 441 g/mol. The van der Waals surface area contributed by atoms with Gasteiger partial charge in [-0.05, 0) is 61.6 Å². The molecule has 0 spiro atoms. The number of aryl methyl sites for hydroxylation is 2. The third-order valence-corrected chi connectivity index (χ3v) is 6.41. The first-order valence-corrected chi connectivity index (χ1v) is 11.2. The lowest BCUT2D eigenvalue weighted by Gasteiger charge is -2.26. The molecule has 0 radical (unpaired) electrons.